The van der Waals surface area contributed by atoms with Gasteiger partial charge in [0.2, 0.25) is 0 Å². The highest BCUT2D eigenvalue weighted by Gasteiger charge is 2.35. The number of hydrogen-bond acceptors (Lipinski definition) is 4. The molecule has 6 nitrogen and oxygen atoms in total. The van der Waals surface area contributed by atoms with Crippen molar-refractivity contribution in [2.24, 2.45) is 0 Å². The Balaban J connectivity index is 1.19. The van der Waals surface area contributed by atoms with Gasteiger partial charge in [-0.15, -0.1) is 20.4 Å². The molecule has 0 fully saturated rings. The van der Waals surface area contributed by atoms with E-state index in [2.05, 4.69) is 106 Å². The molecule has 174 valence electrons. The topological polar surface area (TPSA) is 61.4 Å². The average Bonchev–Trinajstić information content (AvgIpc) is 3.42. The van der Waals surface area contributed by atoms with E-state index in [1.165, 1.54) is 22.3 Å². The second kappa shape index (κ2) is 7.62. The van der Waals surface area contributed by atoms with Gasteiger partial charge in [0, 0.05) is 35.0 Å². The Morgan fingerprint density at radius 1 is 0.618 bits per heavy atom. The third-order valence-corrected chi connectivity index (χ3v) is 7.48. The van der Waals surface area contributed by atoms with Crippen LogP contribution in [0.2, 0.25) is 0 Å². The molecule has 2 aromatic carbocycles. The maximum atomic E-state index is 4.63. The number of aryl methyl sites for hydroxylation is 2. The standard InChI is InChI=1S/C28H32N6/c1-27(2)17-19-11-5-7-13-21(19)25-31-29-23(33(25)27)15-9-10-16-24-30-32-26-22-14-8-6-12-20(22)18-28(3,4)34(24)26/h5-8,11-14H,9-10,15-18H2,1-4H3. The van der Waals surface area contributed by atoms with Gasteiger partial charge in [-0.1, -0.05) is 48.5 Å². The number of nitrogens with zero attached hydrogens (tertiary/aromatic N) is 6. The molecule has 6 heteroatoms. The Morgan fingerprint density at radius 3 is 1.47 bits per heavy atom. The first-order chi connectivity index (χ1) is 16.4. The molecule has 0 unspecified atom stereocenters. The molecule has 0 bridgehead atoms. The van der Waals surface area contributed by atoms with E-state index >= 15 is 0 Å². The molecule has 0 amide bonds. The molecule has 2 aromatic heterocycles. The van der Waals surface area contributed by atoms with Crippen molar-refractivity contribution in [2.45, 2.75) is 77.3 Å². The Bertz CT molecular complexity index is 1270. The summed E-state index contributed by atoms with van der Waals surface area (Å²) in [4.78, 5) is 0. The number of aromatic nitrogens is 6. The number of rotatable bonds is 5. The highest BCUT2D eigenvalue weighted by molar-refractivity contribution is 5.64. The minimum atomic E-state index is -0.0218. The van der Waals surface area contributed by atoms with Gasteiger partial charge >= 0.3 is 0 Å². The van der Waals surface area contributed by atoms with E-state index in [1.54, 1.807) is 0 Å². The summed E-state index contributed by atoms with van der Waals surface area (Å²) in [6.45, 7) is 9.17. The summed E-state index contributed by atoms with van der Waals surface area (Å²) >= 11 is 0. The van der Waals surface area contributed by atoms with Crippen LogP contribution in [-0.4, -0.2) is 29.5 Å². The zero-order chi connectivity index (χ0) is 23.5. The van der Waals surface area contributed by atoms with E-state index in [4.69, 9.17) is 0 Å². The second-order valence-electron chi connectivity index (χ2n) is 11.1. The number of unbranched alkanes of at least 4 members (excludes halogenated alkanes) is 1. The lowest BCUT2D eigenvalue weighted by molar-refractivity contribution is 0.331. The lowest BCUT2D eigenvalue weighted by Crippen LogP contribution is -2.35. The molecule has 0 aliphatic carbocycles. The van der Waals surface area contributed by atoms with Gasteiger partial charge in [-0.3, -0.25) is 0 Å². The predicted molar refractivity (Wildman–Crippen MR) is 134 cm³/mol. The van der Waals surface area contributed by atoms with E-state index in [9.17, 15) is 0 Å². The molecular formula is C28H32N6. The summed E-state index contributed by atoms with van der Waals surface area (Å²) in [5, 5.41) is 18.5. The minimum absolute atomic E-state index is 0.0218. The summed E-state index contributed by atoms with van der Waals surface area (Å²) in [6, 6.07) is 17.2. The Morgan fingerprint density at radius 2 is 1.03 bits per heavy atom. The fourth-order valence-electron chi connectivity index (χ4n) is 6.02. The normalized spacial score (nSPS) is 16.9. The van der Waals surface area contributed by atoms with Crippen LogP contribution >= 0.6 is 0 Å². The smallest absolute Gasteiger partial charge is 0.164 e. The van der Waals surface area contributed by atoms with Crippen LogP contribution in [0, 0.1) is 0 Å². The van der Waals surface area contributed by atoms with Crippen LogP contribution in [-0.2, 0) is 36.8 Å². The van der Waals surface area contributed by atoms with Crippen molar-refractivity contribution in [3.8, 4) is 22.8 Å². The average molecular weight is 453 g/mol. The zero-order valence-electron chi connectivity index (χ0n) is 20.5. The highest BCUT2D eigenvalue weighted by Crippen LogP contribution is 2.39. The lowest BCUT2D eigenvalue weighted by atomic mass is 9.87. The van der Waals surface area contributed by atoms with Gasteiger partial charge in [-0.25, -0.2) is 0 Å². The predicted octanol–water partition coefficient (Wildman–Crippen LogP) is 5.35. The zero-order valence-corrected chi connectivity index (χ0v) is 20.5. The van der Waals surface area contributed by atoms with Crippen molar-refractivity contribution in [3.05, 3.63) is 71.3 Å². The molecule has 0 N–H and O–H groups in total. The highest BCUT2D eigenvalue weighted by atomic mass is 15.3. The molecule has 0 saturated heterocycles. The maximum absolute atomic E-state index is 4.63. The van der Waals surface area contributed by atoms with Gasteiger partial charge in [0.05, 0.1) is 0 Å². The Kier molecular flexibility index (Phi) is 4.77. The fraction of sp³-hybridized carbons (Fsp3) is 0.429. The molecule has 2 aliphatic rings. The monoisotopic (exact) mass is 452 g/mol. The van der Waals surface area contributed by atoms with E-state index in [0.717, 1.165) is 61.8 Å². The van der Waals surface area contributed by atoms with Gasteiger partial charge < -0.3 is 9.13 Å². The second-order valence-corrected chi connectivity index (χ2v) is 11.1. The van der Waals surface area contributed by atoms with Crippen molar-refractivity contribution in [2.75, 3.05) is 0 Å². The molecule has 4 heterocycles. The Labute approximate surface area is 201 Å². The van der Waals surface area contributed by atoms with Gasteiger partial charge in [-0.05, 0) is 64.5 Å². The number of fused-ring (bicyclic) bond motifs is 6. The molecule has 6 rings (SSSR count). The van der Waals surface area contributed by atoms with Crippen LogP contribution in [0.5, 0.6) is 0 Å². The molecule has 0 radical (unpaired) electrons. The molecule has 34 heavy (non-hydrogen) atoms. The quantitative estimate of drug-likeness (QED) is 0.383. The van der Waals surface area contributed by atoms with Crippen LogP contribution in [0.3, 0.4) is 0 Å². The summed E-state index contributed by atoms with van der Waals surface area (Å²) in [5.74, 6) is 4.20. The summed E-state index contributed by atoms with van der Waals surface area (Å²) in [5.41, 5.74) is 5.12. The number of hydrogen-bond donors (Lipinski definition) is 0. The van der Waals surface area contributed by atoms with Gasteiger partial charge in [-0.2, -0.15) is 0 Å². The maximum Gasteiger partial charge on any atom is 0.164 e. The molecule has 2 aliphatic heterocycles. The van der Waals surface area contributed by atoms with Crippen molar-refractivity contribution < 1.29 is 0 Å². The third-order valence-electron chi connectivity index (χ3n) is 7.48. The number of benzene rings is 2. The fourth-order valence-corrected chi connectivity index (χ4v) is 6.02. The Hall–Kier alpha value is -3.28. The van der Waals surface area contributed by atoms with E-state index in [0.29, 0.717) is 0 Å². The van der Waals surface area contributed by atoms with Crippen LogP contribution in [0.25, 0.3) is 22.8 Å². The van der Waals surface area contributed by atoms with Gasteiger partial charge in [0.15, 0.2) is 11.6 Å². The van der Waals surface area contributed by atoms with Crippen molar-refractivity contribution >= 4 is 0 Å². The summed E-state index contributed by atoms with van der Waals surface area (Å²) < 4.78 is 4.74. The van der Waals surface area contributed by atoms with Crippen LogP contribution in [0.1, 0.15) is 63.3 Å². The van der Waals surface area contributed by atoms with E-state index < -0.39 is 0 Å². The van der Waals surface area contributed by atoms with Crippen LogP contribution in [0.4, 0.5) is 0 Å². The first-order valence-electron chi connectivity index (χ1n) is 12.4. The molecule has 4 aromatic rings. The van der Waals surface area contributed by atoms with Crippen molar-refractivity contribution in [1.82, 2.24) is 29.5 Å². The first-order valence-corrected chi connectivity index (χ1v) is 12.4. The van der Waals surface area contributed by atoms with Crippen molar-refractivity contribution in [1.29, 1.82) is 0 Å². The van der Waals surface area contributed by atoms with Gasteiger partial charge in [0.1, 0.15) is 11.6 Å². The van der Waals surface area contributed by atoms with Gasteiger partial charge in [0.25, 0.3) is 0 Å². The SMILES string of the molecule is CC1(C)Cc2ccccc2-c2nnc(CCCCc3nnc4n3C(C)(C)Cc3ccccc3-4)n21. The van der Waals surface area contributed by atoms with E-state index in [-0.39, 0.29) is 11.1 Å². The summed E-state index contributed by atoms with van der Waals surface area (Å²) in [6.07, 6.45) is 5.95. The molecular weight excluding hydrogens is 420 g/mol. The van der Waals surface area contributed by atoms with Crippen molar-refractivity contribution in [3.63, 3.8) is 0 Å². The molecule has 0 saturated carbocycles. The first kappa shape index (κ1) is 21.3. The van der Waals surface area contributed by atoms with Crippen LogP contribution < -0.4 is 0 Å². The summed E-state index contributed by atoms with van der Waals surface area (Å²) in [7, 11) is 0. The lowest BCUT2D eigenvalue weighted by Gasteiger charge is -2.35. The molecule has 0 atom stereocenters. The van der Waals surface area contributed by atoms with E-state index in [1.807, 2.05) is 0 Å². The molecule has 0 spiro atoms. The van der Waals surface area contributed by atoms with Crippen LogP contribution in [0.15, 0.2) is 48.5 Å². The third kappa shape index (κ3) is 3.30. The largest absolute Gasteiger partial charge is 0.305 e. The minimum Gasteiger partial charge on any atom is -0.305 e.